The quantitative estimate of drug-likeness (QED) is 0.375. The van der Waals surface area contributed by atoms with Crippen LogP contribution in [0.5, 0.6) is 28.7 Å². The molecule has 0 spiro atoms. The van der Waals surface area contributed by atoms with Gasteiger partial charge in [0.25, 0.3) is 10.4 Å². The number of hydrogen-bond donors (Lipinski definition) is 0. The molecule has 0 unspecified atom stereocenters. The normalized spacial score (nSPS) is 11.1. The molecule has 160 valence electrons. The van der Waals surface area contributed by atoms with Crippen molar-refractivity contribution in [1.29, 1.82) is 0 Å². The third kappa shape index (κ3) is 4.42. The van der Waals surface area contributed by atoms with Crippen molar-refractivity contribution in [3.8, 4) is 50.3 Å². The van der Waals surface area contributed by atoms with E-state index >= 15 is 0 Å². The highest BCUT2D eigenvalue weighted by Gasteiger charge is 2.19. The third-order valence-electron chi connectivity index (χ3n) is 4.16. The van der Waals surface area contributed by atoms with Gasteiger partial charge in [0.15, 0.2) is 23.0 Å². The fourth-order valence-corrected chi connectivity index (χ4v) is 3.99. The van der Waals surface area contributed by atoms with Gasteiger partial charge in [0.1, 0.15) is 0 Å². The number of benzene rings is 2. The van der Waals surface area contributed by atoms with E-state index in [-0.39, 0.29) is 11.5 Å². The van der Waals surface area contributed by atoms with Crippen molar-refractivity contribution in [2.24, 2.45) is 0 Å². The average Bonchev–Trinajstić information content (AvgIpc) is 3.21. The fraction of sp³-hybridized carbons (Fsp3) is 0.211. The van der Waals surface area contributed by atoms with Crippen LogP contribution in [0, 0.1) is 0 Å². The molecule has 0 saturated heterocycles. The Kier molecular flexibility index (Phi) is 6.34. The minimum atomic E-state index is -4.97. The number of methoxy groups -OCH3 is 4. The third-order valence-corrected chi connectivity index (χ3v) is 5.40. The lowest BCUT2D eigenvalue weighted by molar-refractivity contribution is 0.324. The molecule has 0 saturated carbocycles. The second-order valence-electron chi connectivity index (χ2n) is 5.84. The lowest BCUT2D eigenvalue weighted by Crippen LogP contribution is -2.08. The first-order chi connectivity index (χ1) is 14.3. The van der Waals surface area contributed by atoms with Gasteiger partial charge in [-0.25, -0.2) is 8.42 Å². The van der Waals surface area contributed by atoms with E-state index in [1.54, 1.807) is 24.4 Å². The Bertz CT molecular complexity index is 1130. The van der Waals surface area contributed by atoms with E-state index in [2.05, 4.69) is 8.56 Å². The van der Waals surface area contributed by atoms with Crippen LogP contribution in [0.1, 0.15) is 0 Å². The standard InChI is InChI=1S/C19H19NO8S2/c1-24-14-6-5-11(7-15(14)28-30(21,22)23)13-10-20-29-19(13)12-8-16(25-2)18(27-4)17(9-12)26-3/h5-10H,1-4H3,(H,21,22,23)/p-1. The van der Waals surface area contributed by atoms with Crippen molar-refractivity contribution >= 4 is 21.9 Å². The zero-order chi connectivity index (χ0) is 21.9. The van der Waals surface area contributed by atoms with Gasteiger partial charge < -0.3 is 27.7 Å². The zero-order valence-corrected chi connectivity index (χ0v) is 18.1. The molecule has 1 heterocycles. The molecule has 0 atom stereocenters. The molecule has 3 aromatic rings. The topological polar surface area (TPSA) is 116 Å². The van der Waals surface area contributed by atoms with Gasteiger partial charge in [0, 0.05) is 17.3 Å². The highest BCUT2D eigenvalue weighted by Crippen LogP contribution is 2.45. The van der Waals surface area contributed by atoms with E-state index in [4.69, 9.17) is 18.9 Å². The Balaban J connectivity index is 2.14. The number of hydrogen-bond acceptors (Lipinski definition) is 10. The summed E-state index contributed by atoms with van der Waals surface area (Å²) in [7, 11) is 0.920. The average molecular weight is 452 g/mol. The number of ether oxygens (including phenoxy) is 4. The van der Waals surface area contributed by atoms with Gasteiger partial charge in [-0.1, -0.05) is 6.07 Å². The Hall–Kier alpha value is -3.02. The lowest BCUT2D eigenvalue weighted by Gasteiger charge is -2.15. The predicted molar refractivity (Wildman–Crippen MR) is 110 cm³/mol. The molecule has 9 nitrogen and oxygen atoms in total. The zero-order valence-electron chi connectivity index (χ0n) is 16.5. The van der Waals surface area contributed by atoms with Crippen LogP contribution in [0.3, 0.4) is 0 Å². The van der Waals surface area contributed by atoms with Crippen LogP contribution in [0.2, 0.25) is 0 Å². The summed E-state index contributed by atoms with van der Waals surface area (Å²) in [6.45, 7) is 0. The maximum absolute atomic E-state index is 11.1. The molecular weight excluding hydrogens is 434 g/mol. The molecule has 1 aromatic heterocycles. The van der Waals surface area contributed by atoms with Crippen LogP contribution >= 0.6 is 11.5 Å². The molecule has 0 radical (unpaired) electrons. The second kappa shape index (κ2) is 8.78. The molecule has 0 aliphatic carbocycles. The summed E-state index contributed by atoms with van der Waals surface area (Å²) in [5, 5.41) is 0. The molecule has 0 bridgehead atoms. The van der Waals surface area contributed by atoms with Crippen molar-refractivity contribution in [1.82, 2.24) is 4.37 Å². The van der Waals surface area contributed by atoms with Crippen LogP contribution in [-0.2, 0) is 10.4 Å². The highest BCUT2D eigenvalue weighted by molar-refractivity contribution is 7.81. The Morgan fingerprint density at radius 1 is 0.833 bits per heavy atom. The largest absolute Gasteiger partial charge is 0.716 e. The maximum Gasteiger partial charge on any atom is 0.262 e. The van der Waals surface area contributed by atoms with Gasteiger partial charge in [-0.15, -0.1) is 0 Å². The van der Waals surface area contributed by atoms with Gasteiger partial charge in [-0.3, -0.25) is 0 Å². The van der Waals surface area contributed by atoms with E-state index in [9.17, 15) is 13.0 Å². The van der Waals surface area contributed by atoms with Gasteiger partial charge in [-0.2, -0.15) is 4.37 Å². The van der Waals surface area contributed by atoms with Gasteiger partial charge in [-0.05, 0) is 41.4 Å². The first kappa shape index (κ1) is 21.7. The van der Waals surface area contributed by atoms with E-state index in [1.807, 2.05) is 0 Å². The minimum Gasteiger partial charge on any atom is -0.716 e. The highest BCUT2D eigenvalue weighted by atomic mass is 32.3. The number of aromatic nitrogens is 1. The molecule has 0 fully saturated rings. The summed E-state index contributed by atoms with van der Waals surface area (Å²) in [6, 6.07) is 8.17. The molecule has 2 aromatic carbocycles. The summed E-state index contributed by atoms with van der Waals surface area (Å²) >= 11 is 1.22. The smallest absolute Gasteiger partial charge is 0.262 e. The van der Waals surface area contributed by atoms with Crippen molar-refractivity contribution in [2.45, 2.75) is 0 Å². The predicted octanol–water partition coefficient (Wildman–Crippen LogP) is 3.35. The lowest BCUT2D eigenvalue weighted by atomic mass is 10.0. The van der Waals surface area contributed by atoms with Crippen molar-refractivity contribution in [3.05, 3.63) is 36.5 Å². The summed E-state index contributed by atoms with van der Waals surface area (Å²) in [5.74, 6) is 1.29. The first-order valence-corrected chi connectivity index (χ1v) is 10.5. The summed E-state index contributed by atoms with van der Waals surface area (Å²) in [5.41, 5.74) is 2.01. The van der Waals surface area contributed by atoms with Gasteiger partial charge in [0.05, 0.1) is 33.3 Å². The first-order valence-electron chi connectivity index (χ1n) is 8.40. The maximum atomic E-state index is 11.1. The van der Waals surface area contributed by atoms with Crippen molar-refractivity contribution < 1.29 is 36.1 Å². The van der Waals surface area contributed by atoms with Crippen molar-refractivity contribution in [2.75, 3.05) is 28.4 Å². The molecule has 30 heavy (non-hydrogen) atoms. The number of nitrogens with zero attached hydrogens (tertiary/aromatic N) is 1. The van der Waals surface area contributed by atoms with Crippen LogP contribution in [-0.4, -0.2) is 45.8 Å². The second-order valence-corrected chi connectivity index (χ2v) is 7.62. The molecule has 0 amide bonds. The summed E-state index contributed by atoms with van der Waals surface area (Å²) < 4.78 is 63.2. The van der Waals surface area contributed by atoms with Crippen LogP contribution in [0.25, 0.3) is 21.6 Å². The van der Waals surface area contributed by atoms with E-state index in [1.165, 1.54) is 52.1 Å². The van der Waals surface area contributed by atoms with E-state index in [0.717, 1.165) is 10.4 Å². The van der Waals surface area contributed by atoms with Crippen LogP contribution in [0.15, 0.2) is 36.5 Å². The molecular formula is C19H18NO8S2-. The minimum absolute atomic E-state index is 0.107. The molecule has 3 rings (SSSR count). The summed E-state index contributed by atoms with van der Waals surface area (Å²) in [6.07, 6.45) is 1.63. The summed E-state index contributed by atoms with van der Waals surface area (Å²) in [4.78, 5) is 0.760. The van der Waals surface area contributed by atoms with Gasteiger partial charge >= 0.3 is 0 Å². The van der Waals surface area contributed by atoms with Crippen molar-refractivity contribution in [3.63, 3.8) is 0 Å². The monoisotopic (exact) mass is 452 g/mol. The SMILES string of the molecule is COc1ccc(-c2cnsc2-c2cc(OC)c(OC)c(OC)c2)cc1OS(=O)(=O)[O-]. The Morgan fingerprint density at radius 3 is 1.97 bits per heavy atom. The number of rotatable bonds is 8. The van der Waals surface area contributed by atoms with E-state index in [0.29, 0.717) is 28.4 Å². The van der Waals surface area contributed by atoms with E-state index < -0.39 is 10.4 Å². The Morgan fingerprint density at radius 2 is 1.43 bits per heavy atom. The molecule has 11 heteroatoms. The van der Waals surface area contributed by atoms with Crippen LogP contribution in [0.4, 0.5) is 0 Å². The van der Waals surface area contributed by atoms with Crippen LogP contribution < -0.4 is 23.1 Å². The molecule has 0 N–H and O–H groups in total. The van der Waals surface area contributed by atoms with Gasteiger partial charge in [0.2, 0.25) is 5.75 Å². The molecule has 0 aliphatic heterocycles. The molecule has 0 aliphatic rings. The Labute approximate surface area is 177 Å². The fourth-order valence-electron chi connectivity index (χ4n) is 2.88.